The lowest BCUT2D eigenvalue weighted by Crippen LogP contribution is -2.04. The predicted molar refractivity (Wildman–Crippen MR) is 122 cm³/mol. The number of methoxy groups -OCH3 is 1. The molecule has 7 heteroatoms. The second-order valence-corrected chi connectivity index (χ2v) is 7.70. The van der Waals surface area contributed by atoms with Crippen LogP contribution in [0.15, 0.2) is 83.8 Å². The third-order valence-corrected chi connectivity index (χ3v) is 5.89. The number of non-ortho nitro benzene ring substituents is 1. The molecule has 1 heterocycles. The molecule has 0 saturated carbocycles. The van der Waals surface area contributed by atoms with Crippen molar-refractivity contribution in [1.29, 1.82) is 0 Å². The summed E-state index contributed by atoms with van der Waals surface area (Å²) in [5, 5.41) is 12.0. The third-order valence-electron chi connectivity index (χ3n) is 4.82. The molecule has 0 bridgehead atoms. The second kappa shape index (κ2) is 8.97. The number of fused-ring (bicyclic) bond motifs is 1. The van der Waals surface area contributed by atoms with E-state index in [4.69, 9.17) is 9.72 Å². The van der Waals surface area contributed by atoms with E-state index in [0.717, 1.165) is 32.5 Å². The lowest BCUT2D eigenvalue weighted by molar-refractivity contribution is -0.384. The lowest BCUT2D eigenvalue weighted by Gasteiger charge is -2.17. The molecular formula is C24H18N2O4S. The van der Waals surface area contributed by atoms with Crippen molar-refractivity contribution in [3.8, 4) is 22.4 Å². The van der Waals surface area contributed by atoms with Crippen LogP contribution in [0.5, 0.6) is 0 Å². The molecule has 0 spiro atoms. The van der Waals surface area contributed by atoms with Crippen LogP contribution < -0.4 is 0 Å². The molecule has 0 N–H and O–H groups in total. The Hall–Kier alpha value is -3.71. The Bertz CT molecular complexity index is 1260. The van der Waals surface area contributed by atoms with Crippen molar-refractivity contribution in [2.45, 2.75) is 4.90 Å². The second-order valence-electron chi connectivity index (χ2n) is 6.72. The highest BCUT2D eigenvalue weighted by Gasteiger charge is 2.20. The normalized spacial score (nSPS) is 10.7. The highest BCUT2D eigenvalue weighted by atomic mass is 32.2. The van der Waals surface area contributed by atoms with Crippen molar-refractivity contribution in [1.82, 2.24) is 4.98 Å². The molecule has 0 unspecified atom stereocenters. The smallest absolute Gasteiger partial charge is 0.315 e. The van der Waals surface area contributed by atoms with E-state index >= 15 is 0 Å². The zero-order valence-electron chi connectivity index (χ0n) is 16.6. The van der Waals surface area contributed by atoms with Gasteiger partial charge < -0.3 is 4.74 Å². The number of thioether (sulfide) groups is 1. The topological polar surface area (TPSA) is 82.3 Å². The minimum atomic E-state index is -0.431. The van der Waals surface area contributed by atoms with E-state index in [0.29, 0.717) is 5.69 Å². The van der Waals surface area contributed by atoms with E-state index in [2.05, 4.69) is 0 Å². The average Bonchev–Trinajstić information content (AvgIpc) is 2.82. The zero-order valence-corrected chi connectivity index (χ0v) is 17.5. The average molecular weight is 430 g/mol. The molecule has 154 valence electrons. The first-order valence-corrected chi connectivity index (χ1v) is 10.5. The summed E-state index contributed by atoms with van der Waals surface area (Å²) in [7, 11) is 1.36. The highest BCUT2D eigenvalue weighted by molar-refractivity contribution is 8.00. The van der Waals surface area contributed by atoms with Gasteiger partial charge in [-0.25, -0.2) is 4.98 Å². The fourth-order valence-electron chi connectivity index (χ4n) is 3.35. The molecule has 0 aliphatic carbocycles. The molecule has 6 nitrogen and oxygen atoms in total. The first-order valence-electron chi connectivity index (χ1n) is 9.51. The Balaban J connectivity index is 1.99. The molecule has 0 atom stereocenters. The number of nitro groups is 1. The van der Waals surface area contributed by atoms with Gasteiger partial charge in [0.05, 0.1) is 29.0 Å². The Kier molecular flexibility index (Phi) is 5.95. The van der Waals surface area contributed by atoms with Gasteiger partial charge in [0.25, 0.3) is 5.69 Å². The molecule has 0 saturated heterocycles. The number of benzene rings is 3. The van der Waals surface area contributed by atoms with Gasteiger partial charge in [0.1, 0.15) is 0 Å². The van der Waals surface area contributed by atoms with Crippen molar-refractivity contribution in [2.75, 3.05) is 12.9 Å². The summed E-state index contributed by atoms with van der Waals surface area (Å²) >= 11 is 1.35. The molecule has 0 aliphatic rings. The van der Waals surface area contributed by atoms with Crippen LogP contribution in [-0.4, -0.2) is 28.7 Å². The number of rotatable bonds is 6. The number of hydrogen-bond donors (Lipinski definition) is 0. The van der Waals surface area contributed by atoms with Crippen molar-refractivity contribution in [2.24, 2.45) is 0 Å². The van der Waals surface area contributed by atoms with Gasteiger partial charge in [0.2, 0.25) is 0 Å². The minimum absolute atomic E-state index is 0.0107. The number of nitrogens with zero attached hydrogens (tertiary/aromatic N) is 2. The van der Waals surface area contributed by atoms with Crippen LogP contribution in [0.3, 0.4) is 0 Å². The molecular weight excluding hydrogens is 412 g/mol. The first-order chi connectivity index (χ1) is 15.1. The number of carbonyl (C=O) groups excluding carboxylic acids is 1. The number of carbonyl (C=O) groups is 1. The SMILES string of the molecule is COC(=O)CSc1c(-c2ccc([N+](=O)[O-])cc2)nc2ccccc2c1-c1ccccc1. The van der Waals surface area contributed by atoms with E-state index in [1.165, 1.54) is 31.0 Å². The number of ether oxygens (including phenoxy) is 1. The molecule has 0 amide bonds. The van der Waals surface area contributed by atoms with E-state index in [1.54, 1.807) is 12.1 Å². The maximum Gasteiger partial charge on any atom is 0.315 e. The molecule has 4 rings (SSSR count). The van der Waals surface area contributed by atoms with Gasteiger partial charge in [-0.3, -0.25) is 14.9 Å². The number of hydrogen-bond acceptors (Lipinski definition) is 6. The number of pyridine rings is 1. The zero-order chi connectivity index (χ0) is 21.8. The van der Waals surface area contributed by atoms with Crippen molar-refractivity contribution < 1.29 is 14.5 Å². The summed E-state index contributed by atoms with van der Waals surface area (Å²) < 4.78 is 4.84. The first kappa shape index (κ1) is 20.6. The summed E-state index contributed by atoms with van der Waals surface area (Å²) in [5.74, 6) is -0.220. The van der Waals surface area contributed by atoms with Crippen LogP contribution in [0.4, 0.5) is 5.69 Å². The maximum atomic E-state index is 11.9. The largest absolute Gasteiger partial charge is 0.468 e. The van der Waals surface area contributed by atoms with Crippen LogP contribution in [0, 0.1) is 10.1 Å². The third kappa shape index (κ3) is 4.27. The van der Waals surface area contributed by atoms with E-state index < -0.39 is 4.92 Å². The molecule has 4 aromatic rings. The molecule has 31 heavy (non-hydrogen) atoms. The number of aromatic nitrogens is 1. The monoisotopic (exact) mass is 430 g/mol. The fourth-order valence-corrected chi connectivity index (χ4v) is 4.41. The Labute approximate surface area is 183 Å². The maximum absolute atomic E-state index is 11.9. The van der Waals surface area contributed by atoms with E-state index in [9.17, 15) is 14.9 Å². The Morgan fingerprint density at radius 2 is 1.65 bits per heavy atom. The summed E-state index contributed by atoms with van der Waals surface area (Å²) in [6.07, 6.45) is 0. The van der Waals surface area contributed by atoms with Gasteiger partial charge in [-0.15, -0.1) is 11.8 Å². The molecule has 0 radical (unpaired) electrons. The van der Waals surface area contributed by atoms with Gasteiger partial charge in [-0.1, -0.05) is 48.5 Å². The van der Waals surface area contributed by atoms with Crippen LogP contribution in [0.1, 0.15) is 0 Å². The minimum Gasteiger partial charge on any atom is -0.468 e. The Morgan fingerprint density at radius 3 is 2.32 bits per heavy atom. The number of para-hydroxylation sites is 1. The van der Waals surface area contributed by atoms with Gasteiger partial charge in [0, 0.05) is 33.5 Å². The van der Waals surface area contributed by atoms with E-state index in [-0.39, 0.29) is 17.4 Å². The fraction of sp³-hybridized carbons (Fsp3) is 0.0833. The van der Waals surface area contributed by atoms with Crippen molar-refractivity contribution >= 4 is 34.3 Å². The highest BCUT2D eigenvalue weighted by Crippen LogP contribution is 2.42. The number of nitro benzene ring substituents is 1. The van der Waals surface area contributed by atoms with Crippen molar-refractivity contribution in [3.05, 3.63) is 89.0 Å². The molecule has 0 aliphatic heterocycles. The van der Waals surface area contributed by atoms with Gasteiger partial charge in [-0.2, -0.15) is 0 Å². The molecule has 3 aromatic carbocycles. The number of esters is 1. The predicted octanol–water partition coefficient (Wildman–Crippen LogP) is 5.74. The summed E-state index contributed by atoms with van der Waals surface area (Å²) in [4.78, 5) is 28.3. The van der Waals surface area contributed by atoms with Crippen LogP contribution >= 0.6 is 11.8 Å². The summed E-state index contributed by atoms with van der Waals surface area (Å²) in [6.45, 7) is 0. The van der Waals surface area contributed by atoms with Crippen molar-refractivity contribution in [3.63, 3.8) is 0 Å². The molecule has 0 fully saturated rings. The lowest BCUT2D eigenvalue weighted by atomic mass is 9.98. The van der Waals surface area contributed by atoms with Crippen LogP contribution in [0.25, 0.3) is 33.3 Å². The standard InChI is InChI=1S/C24H18N2O4S/c1-30-21(27)15-31-24-22(16-7-3-2-4-8-16)19-9-5-6-10-20(19)25-23(24)17-11-13-18(14-12-17)26(28)29/h2-14H,15H2,1H3. The van der Waals surface area contributed by atoms with Gasteiger partial charge in [-0.05, 0) is 23.8 Å². The molecule has 1 aromatic heterocycles. The summed E-state index contributed by atoms with van der Waals surface area (Å²) in [6, 6.07) is 24.0. The Morgan fingerprint density at radius 1 is 0.968 bits per heavy atom. The van der Waals surface area contributed by atoms with Crippen LogP contribution in [0.2, 0.25) is 0 Å². The van der Waals surface area contributed by atoms with E-state index in [1.807, 2.05) is 54.6 Å². The van der Waals surface area contributed by atoms with Crippen LogP contribution in [-0.2, 0) is 9.53 Å². The van der Waals surface area contributed by atoms with Gasteiger partial charge in [0.15, 0.2) is 0 Å². The quantitative estimate of drug-likeness (QED) is 0.168. The van der Waals surface area contributed by atoms with Gasteiger partial charge >= 0.3 is 5.97 Å². The summed E-state index contributed by atoms with van der Waals surface area (Å²) in [5.41, 5.74) is 4.18.